The zero-order valence-corrected chi connectivity index (χ0v) is 13.3. The second kappa shape index (κ2) is 7.08. The highest BCUT2D eigenvalue weighted by atomic mass is 79.9. The van der Waals surface area contributed by atoms with Gasteiger partial charge in [-0.25, -0.2) is 0 Å². The maximum Gasteiger partial charge on any atom is 0.265 e. The van der Waals surface area contributed by atoms with Crippen LogP contribution in [-0.4, -0.2) is 23.2 Å². The fourth-order valence-corrected chi connectivity index (χ4v) is 3.46. The number of benzene rings is 1. The van der Waals surface area contributed by atoms with E-state index in [4.69, 9.17) is 11.6 Å². The van der Waals surface area contributed by atoms with Crippen LogP contribution >= 0.6 is 38.9 Å². The van der Waals surface area contributed by atoms with Crippen LogP contribution in [0.5, 0.6) is 0 Å². The first kappa shape index (κ1) is 14.6. The van der Waals surface area contributed by atoms with Gasteiger partial charge in [0.25, 0.3) is 5.91 Å². The van der Waals surface area contributed by atoms with Crippen LogP contribution in [-0.2, 0) is 6.54 Å². The lowest BCUT2D eigenvalue weighted by atomic mass is 10.2. The largest absolute Gasteiger partial charge is 0.332 e. The normalized spacial score (nSPS) is 10.4. The maximum absolute atomic E-state index is 12.5. The Bertz CT molecular complexity index is 543. The van der Waals surface area contributed by atoms with Crippen LogP contribution in [0.4, 0.5) is 0 Å². The summed E-state index contributed by atoms with van der Waals surface area (Å²) in [5.74, 6) is 0.452. The SMILES string of the molecule is O=C(c1sccc1Br)N(CCCl)Cc1ccccc1. The van der Waals surface area contributed by atoms with Crippen LogP contribution in [0.2, 0.25) is 0 Å². The van der Waals surface area contributed by atoms with Crippen molar-refractivity contribution in [1.29, 1.82) is 0 Å². The molecule has 1 amide bonds. The fraction of sp³-hybridized carbons (Fsp3) is 0.214. The van der Waals surface area contributed by atoms with Crippen molar-refractivity contribution in [2.75, 3.05) is 12.4 Å². The molecular formula is C14H13BrClNOS. The predicted octanol–water partition coefficient (Wildman–Crippen LogP) is 4.39. The van der Waals surface area contributed by atoms with Gasteiger partial charge in [-0.3, -0.25) is 4.79 Å². The van der Waals surface area contributed by atoms with E-state index in [1.54, 1.807) is 4.90 Å². The number of amides is 1. The molecule has 2 nitrogen and oxygen atoms in total. The Morgan fingerprint density at radius 2 is 2.00 bits per heavy atom. The van der Waals surface area contributed by atoms with Gasteiger partial charge in [0.05, 0.1) is 0 Å². The van der Waals surface area contributed by atoms with Crippen LogP contribution in [0.15, 0.2) is 46.3 Å². The minimum Gasteiger partial charge on any atom is -0.332 e. The molecule has 2 aromatic rings. The average Bonchev–Trinajstić information content (AvgIpc) is 2.85. The van der Waals surface area contributed by atoms with Gasteiger partial charge in [0.15, 0.2) is 0 Å². The molecule has 100 valence electrons. The Kier molecular flexibility index (Phi) is 5.43. The molecule has 0 atom stereocenters. The summed E-state index contributed by atoms with van der Waals surface area (Å²) in [6, 6.07) is 11.8. The first-order chi connectivity index (χ1) is 9.22. The molecule has 0 saturated carbocycles. The molecule has 1 aromatic carbocycles. The van der Waals surface area contributed by atoms with Gasteiger partial charge in [-0.15, -0.1) is 22.9 Å². The number of carbonyl (C=O) groups excluding carboxylic acids is 1. The Morgan fingerprint density at radius 3 is 2.58 bits per heavy atom. The van der Waals surface area contributed by atoms with E-state index in [-0.39, 0.29) is 5.91 Å². The molecule has 0 aliphatic rings. The van der Waals surface area contributed by atoms with Crippen molar-refractivity contribution in [2.24, 2.45) is 0 Å². The summed E-state index contributed by atoms with van der Waals surface area (Å²) < 4.78 is 0.843. The third-order valence-corrected chi connectivity index (χ3v) is 4.66. The Hall–Kier alpha value is -0.840. The highest BCUT2D eigenvalue weighted by Gasteiger charge is 2.19. The molecule has 0 saturated heterocycles. The zero-order valence-electron chi connectivity index (χ0n) is 10.2. The minimum atomic E-state index is 0.0198. The lowest BCUT2D eigenvalue weighted by Gasteiger charge is -2.21. The van der Waals surface area contributed by atoms with E-state index in [0.717, 1.165) is 14.9 Å². The molecule has 0 N–H and O–H groups in total. The Balaban J connectivity index is 2.16. The van der Waals surface area contributed by atoms with Crippen molar-refractivity contribution in [3.8, 4) is 0 Å². The summed E-state index contributed by atoms with van der Waals surface area (Å²) in [5.41, 5.74) is 1.11. The van der Waals surface area contributed by atoms with Crippen molar-refractivity contribution in [1.82, 2.24) is 4.90 Å². The van der Waals surface area contributed by atoms with Crippen molar-refractivity contribution >= 4 is 44.8 Å². The topological polar surface area (TPSA) is 20.3 Å². The maximum atomic E-state index is 12.5. The van der Waals surface area contributed by atoms with E-state index in [9.17, 15) is 4.79 Å². The van der Waals surface area contributed by atoms with Crippen molar-refractivity contribution in [3.05, 3.63) is 56.7 Å². The zero-order chi connectivity index (χ0) is 13.7. The van der Waals surface area contributed by atoms with Crippen LogP contribution in [0.3, 0.4) is 0 Å². The molecule has 2 rings (SSSR count). The third-order valence-electron chi connectivity index (χ3n) is 2.67. The molecule has 0 fully saturated rings. The van der Waals surface area contributed by atoms with Crippen molar-refractivity contribution in [3.63, 3.8) is 0 Å². The van der Waals surface area contributed by atoms with Gasteiger partial charge in [-0.05, 0) is 32.9 Å². The molecule has 0 aliphatic heterocycles. The molecule has 0 spiro atoms. The van der Waals surface area contributed by atoms with Gasteiger partial charge in [0.2, 0.25) is 0 Å². The summed E-state index contributed by atoms with van der Waals surface area (Å²) in [4.78, 5) is 15.0. The molecule has 5 heteroatoms. The Labute approximate surface area is 130 Å². The first-order valence-corrected chi connectivity index (χ1v) is 8.05. The first-order valence-electron chi connectivity index (χ1n) is 5.84. The Morgan fingerprint density at radius 1 is 1.26 bits per heavy atom. The minimum absolute atomic E-state index is 0.0198. The van der Waals surface area contributed by atoms with E-state index < -0.39 is 0 Å². The van der Waals surface area contributed by atoms with Crippen LogP contribution < -0.4 is 0 Å². The number of thiophene rings is 1. The van der Waals surface area contributed by atoms with Crippen molar-refractivity contribution in [2.45, 2.75) is 6.54 Å². The van der Waals surface area contributed by atoms with Gasteiger partial charge in [0, 0.05) is 23.4 Å². The molecule has 0 radical (unpaired) electrons. The van der Waals surface area contributed by atoms with Gasteiger partial charge < -0.3 is 4.90 Å². The van der Waals surface area contributed by atoms with Gasteiger partial charge >= 0.3 is 0 Å². The highest BCUT2D eigenvalue weighted by molar-refractivity contribution is 9.10. The number of alkyl halides is 1. The number of halogens is 2. The quantitative estimate of drug-likeness (QED) is 0.726. The van der Waals surface area contributed by atoms with Crippen LogP contribution in [0.1, 0.15) is 15.2 Å². The number of hydrogen-bond acceptors (Lipinski definition) is 2. The molecule has 0 aliphatic carbocycles. The van der Waals surface area contributed by atoms with E-state index in [1.165, 1.54) is 11.3 Å². The lowest BCUT2D eigenvalue weighted by Crippen LogP contribution is -2.31. The highest BCUT2D eigenvalue weighted by Crippen LogP contribution is 2.24. The van der Waals surface area contributed by atoms with E-state index >= 15 is 0 Å². The second-order valence-corrected chi connectivity index (χ2v) is 6.15. The number of nitrogens with zero attached hydrogens (tertiary/aromatic N) is 1. The monoisotopic (exact) mass is 357 g/mol. The van der Waals surface area contributed by atoms with Gasteiger partial charge in [0.1, 0.15) is 4.88 Å². The van der Waals surface area contributed by atoms with Crippen LogP contribution in [0, 0.1) is 0 Å². The molecular weight excluding hydrogens is 346 g/mol. The summed E-state index contributed by atoms with van der Waals surface area (Å²) in [7, 11) is 0. The van der Waals surface area contributed by atoms with E-state index in [1.807, 2.05) is 41.8 Å². The number of carbonyl (C=O) groups is 1. The summed E-state index contributed by atoms with van der Waals surface area (Å²) >= 11 is 10.6. The fourth-order valence-electron chi connectivity index (χ4n) is 1.75. The molecule has 0 unspecified atom stereocenters. The lowest BCUT2D eigenvalue weighted by molar-refractivity contribution is 0.0758. The van der Waals surface area contributed by atoms with E-state index in [2.05, 4.69) is 15.9 Å². The third kappa shape index (κ3) is 3.81. The smallest absolute Gasteiger partial charge is 0.265 e. The standard InChI is InChI=1S/C14H13BrClNOS/c15-12-6-9-19-13(12)14(18)17(8-7-16)10-11-4-2-1-3-5-11/h1-6,9H,7-8,10H2. The number of hydrogen-bond donors (Lipinski definition) is 0. The molecule has 0 bridgehead atoms. The average molecular weight is 359 g/mol. The molecule has 19 heavy (non-hydrogen) atoms. The second-order valence-electron chi connectivity index (χ2n) is 4.00. The molecule has 1 heterocycles. The van der Waals surface area contributed by atoms with Crippen LogP contribution in [0.25, 0.3) is 0 Å². The number of rotatable bonds is 5. The summed E-state index contributed by atoms with van der Waals surface area (Å²) in [6.45, 7) is 1.12. The predicted molar refractivity (Wildman–Crippen MR) is 83.9 cm³/mol. The summed E-state index contributed by atoms with van der Waals surface area (Å²) in [5, 5.41) is 1.90. The van der Waals surface area contributed by atoms with Crippen molar-refractivity contribution < 1.29 is 4.79 Å². The summed E-state index contributed by atoms with van der Waals surface area (Å²) in [6.07, 6.45) is 0. The van der Waals surface area contributed by atoms with E-state index in [0.29, 0.717) is 19.0 Å². The molecule has 1 aromatic heterocycles. The van der Waals surface area contributed by atoms with Gasteiger partial charge in [-0.2, -0.15) is 0 Å². The van der Waals surface area contributed by atoms with Gasteiger partial charge in [-0.1, -0.05) is 30.3 Å².